The molecular weight excluding hydrogens is 457 g/mol. The molecule has 2 aliphatic heterocycles. The highest BCUT2D eigenvalue weighted by atomic mass is 35.5. The molecule has 2 amide bonds. The van der Waals surface area contributed by atoms with Gasteiger partial charge in [-0.25, -0.2) is 9.18 Å². The first-order chi connectivity index (χ1) is 16.4. The van der Waals surface area contributed by atoms with Gasteiger partial charge in [0.05, 0.1) is 11.3 Å². The molecule has 0 radical (unpaired) electrons. The summed E-state index contributed by atoms with van der Waals surface area (Å²) in [5.74, 6) is -0.305. The predicted molar refractivity (Wildman–Crippen MR) is 128 cm³/mol. The number of hydrogen-bond donors (Lipinski definition) is 1. The average Bonchev–Trinajstić information content (AvgIpc) is 2.86. The number of methoxy groups -OCH3 is 1. The van der Waals surface area contributed by atoms with Gasteiger partial charge in [0.25, 0.3) is 0 Å². The summed E-state index contributed by atoms with van der Waals surface area (Å²) in [5, 5.41) is 10.3. The zero-order valence-corrected chi connectivity index (χ0v) is 19.5. The molecule has 2 aliphatic rings. The van der Waals surface area contributed by atoms with E-state index < -0.39 is 11.8 Å². The van der Waals surface area contributed by atoms with Gasteiger partial charge in [0.1, 0.15) is 11.9 Å². The van der Waals surface area contributed by atoms with Gasteiger partial charge in [-0.15, -0.1) is 0 Å². The number of benzene rings is 2. The fourth-order valence-electron chi connectivity index (χ4n) is 4.45. The highest BCUT2D eigenvalue weighted by molar-refractivity contribution is 6.31. The van der Waals surface area contributed by atoms with Gasteiger partial charge >= 0.3 is 6.03 Å². The predicted octanol–water partition coefficient (Wildman–Crippen LogP) is 3.94. The number of hydrogen-bond acceptors (Lipinski definition) is 5. The van der Waals surface area contributed by atoms with Crippen LogP contribution < -0.4 is 10.6 Å². The summed E-state index contributed by atoms with van der Waals surface area (Å²) < 4.78 is 19.9. The molecule has 0 saturated carbocycles. The topological polar surface area (TPSA) is 85.8 Å². The highest BCUT2D eigenvalue weighted by Gasteiger charge is 2.39. The van der Waals surface area contributed by atoms with Gasteiger partial charge in [0.2, 0.25) is 0 Å². The maximum atomic E-state index is 14.2. The Kier molecular flexibility index (Phi) is 6.89. The fourth-order valence-corrected chi connectivity index (χ4v) is 4.67. The summed E-state index contributed by atoms with van der Waals surface area (Å²) in [7, 11) is 1.49. The number of carbonyl (C=O) groups is 1. The minimum Gasteiger partial charge on any atom is -0.368 e. The highest BCUT2D eigenvalue weighted by Crippen LogP contribution is 2.36. The number of anilines is 1. The zero-order valence-electron chi connectivity index (χ0n) is 18.7. The van der Waals surface area contributed by atoms with Crippen molar-refractivity contribution in [3.63, 3.8) is 0 Å². The normalized spacial score (nSPS) is 20.4. The van der Waals surface area contributed by atoms with Gasteiger partial charge in [0.15, 0.2) is 5.72 Å². The van der Waals surface area contributed by atoms with Crippen LogP contribution in [0, 0.1) is 17.1 Å². The molecule has 0 aromatic heterocycles. The molecule has 2 aromatic carbocycles. The Morgan fingerprint density at radius 2 is 2.00 bits per heavy atom. The molecular formula is C25H25ClFN5O2. The molecule has 1 unspecified atom stereocenters. The number of halogens is 2. The average molecular weight is 482 g/mol. The number of primary amides is 1. The third-order valence-corrected chi connectivity index (χ3v) is 6.62. The van der Waals surface area contributed by atoms with E-state index in [9.17, 15) is 14.4 Å². The summed E-state index contributed by atoms with van der Waals surface area (Å²) >= 11 is 6.18. The minimum absolute atomic E-state index is 0.305. The Labute approximate surface area is 203 Å². The van der Waals surface area contributed by atoms with Crippen LogP contribution in [0.25, 0.3) is 0 Å². The smallest absolute Gasteiger partial charge is 0.321 e. The van der Waals surface area contributed by atoms with Crippen molar-refractivity contribution in [1.29, 1.82) is 5.26 Å². The van der Waals surface area contributed by atoms with Crippen LogP contribution in [0.4, 0.5) is 14.9 Å². The van der Waals surface area contributed by atoms with E-state index in [1.54, 1.807) is 42.6 Å². The molecule has 9 heteroatoms. The van der Waals surface area contributed by atoms with Crippen molar-refractivity contribution in [1.82, 2.24) is 9.80 Å². The molecule has 2 N–H and O–H groups in total. The first-order valence-electron chi connectivity index (χ1n) is 10.8. The summed E-state index contributed by atoms with van der Waals surface area (Å²) in [6.07, 6.45) is 6.73. The Balaban J connectivity index is 1.53. The van der Waals surface area contributed by atoms with Crippen molar-refractivity contribution in [3.8, 4) is 6.07 Å². The molecule has 4 rings (SSSR count). The third-order valence-electron chi connectivity index (χ3n) is 6.26. The largest absolute Gasteiger partial charge is 0.368 e. The van der Waals surface area contributed by atoms with E-state index in [1.807, 2.05) is 12.1 Å². The number of nitriles is 1. The molecule has 7 nitrogen and oxygen atoms in total. The summed E-state index contributed by atoms with van der Waals surface area (Å²) in [6, 6.07) is 11.7. The molecule has 0 spiro atoms. The monoisotopic (exact) mass is 481 g/mol. The van der Waals surface area contributed by atoms with Gasteiger partial charge in [-0.2, -0.15) is 5.26 Å². The molecule has 0 bridgehead atoms. The Hall–Kier alpha value is -3.38. The Morgan fingerprint density at radius 1 is 1.24 bits per heavy atom. The number of allylic oxidation sites excluding steroid dienone is 2. The number of nitrogens with two attached hydrogens (primary N) is 1. The first-order valence-corrected chi connectivity index (χ1v) is 11.2. The van der Waals surface area contributed by atoms with Gasteiger partial charge in [-0.3, -0.25) is 9.80 Å². The lowest BCUT2D eigenvalue weighted by atomic mass is 9.95. The molecule has 1 fully saturated rings. The molecule has 0 aliphatic carbocycles. The number of carbonyl (C=O) groups excluding carboxylic acids is 1. The number of nitrogens with zero attached hydrogens (tertiary/aromatic N) is 4. The van der Waals surface area contributed by atoms with Crippen LogP contribution >= 0.6 is 11.6 Å². The lowest BCUT2D eigenvalue weighted by Gasteiger charge is -2.40. The maximum Gasteiger partial charge on any atom is 0.321 e. The van der Waals surface area contributed by atoms with Crippen LogP contribution in [0.15, 0.2) is 60.8 Å². The van der Waals surface area contributed by atoms with Gasteiger partial charge in [-0.05, 0) is 36.4 Å². The lowest BCUT2D eigenvalue weighted by molar-refractivity contribution is -0.0592. The van der Waals surface area contributed by atoms with Gasteiger partial charge in [0, 0.05) is 62.2 Å². The standard InChI is InChI=1S/C25H25ClFN5O2/c1-34-25(9-2-3-10-32(25)24(29)33)19-7-8-23(18(15-19)16-28)31-13-11-30(12-14-31)17-20-21(26)5-4-6-22(20)27/h2-10,15H,11-14,17H2,1H3,(H2,29,33). The second-order valence-corrected chi connectivity index (χ2v) is 8.52. The Morgan fingerprint density at radius 3 is 2.65 bits per heavy atom. The second kappa shape index (κ2) is 9.85. The van der Waals surface area contributed by atoms with Crippen LogP contribution in [-0.2, 0) is 17.0 Å². The van der Waals surface area contributed by atoms with E-state index in [2.05, 4.69) is 15.9 Å². The molecule has 1 atom stereocenters. The van der Waals surface area contributed by atoms with Gasteiger partial charge in [-0.1, -0.05) is 29.8 Å². The van der Waals surface area contributed by atoms with Crippen LogP contribution in [-0.4, -0.2) is 49.1 Å². The SMILES string of the molecule is COC1(c2ccc(N3CCN(Cc4c(F)cccc4Cl)CC3)c(C#N)c2)C=CC=CN1C(N)=O. The zero-order chi connectivity index (χ0) is 24.3. The number of urea groups is 1. The van der Waals surface area contributed by atoms with E-state index in [-0.39, 0.29) is 5.82 Å². The van der Waals surface area contributed by atoms with E-state index in [0.29, 0.717) is 54.4 Å². The van der Waals surface area contributed by atoms with Crippen LogP contribution in [0.5, 0.6) is 0 Å². The second-order valence-electron chi connectivity index (χ2n) is 8.12. The number of piperazine rings is 1. The van der Waals surface area contributed by atoms with Crippen LogP contribution in [0.2, 0.25) is 5.02 Å². The van der Waals surface area contributed by atoms with Crippen LogP contribution in [0.3, 0.4) is 0 Å². The maximum absolute atomic E-state index is 14.2. The van der Waals surface area contributed by atoms with Crippen molar-refractivity contribution >= 4 is 23.3 Å². The number of amides is 2. The van der Waals surface area contributed by atoms with Crippen molar-refractivity contribution in [2.24, 2.45) is 5.73 Å². The van der Waals surface area contributed by atoms with E-state index in [1.165, 1.54) is 18.1 Å². The minimum atomic E-state index is -1.23. The molecule has 1 saturated heterocycles. The Bertz CT molecular complexity index is 1170. The summed E-state index contributed by atoms with van der Waals surface area (Å²) in [5.41, 5.74) is 6.71. The van der Waals surface area contributed by atoms with Crippen molar-refractivity contribution < 1.29 is 13.9 Å². The van der Waals surface area contributed by atoms with E-state index >= 15 is 0 Å². The summed E-state index contributed by atoms with van der Waals surface area (Å²) in [4.78, 5) is 17.6. The lowest BCUT2D eigenvalue weighted by Crippen LogP contribution is -2.50. The summed E-state index contributed by atoms with van der Waals surface area (Å²) in [6.45, 7) is 3.17. The van der Waals surface area contributed by atoms with Gasteiger partial charge < -0.3 is 15.4 Å². The molecule has 176 valence electrons. The van der Waals surface area contributed by atoms with Crippen molar-refractivity contribution in [2.75, 3.05) is 38.2 Å². The third kappa shape index (κ3) is 4.38. The number of ether oxygens (including phenoxy) is 1. The van der Waals surface area contributed by atoms with Crippen molar-refractivity contribution in [2.45, 2.75) is 12.3 Å². The van der Waals surface area contributed by atoms with Crippen LogP contribution in [0.1, 0.15) is 16.7 Å². The first kappa shape index (κ1) is 23.8. The quantitative estimate of drug-likeness (QED) is 0.699. The number of rotatable bonds is 5. The molecule has 34 heavy (non-hydrogen) atoms. The molecule has 2 heterocycles. The van der Waals surface area contributed by atoms with Crippen molar-refractivity contribution in [3.05, 3.63) is 88.4 Å². The fraction of sp³-hybridized carbons (Fsp3) is 0.280. The van der Waals surface area contributed by atoms with E-state index in [0.717, 1.165) is 5.69 Å². The molecule has 2 aromatic rings. The van der Waals surface area contributed by atoms with E-state index in [4.69, 9.17) is 22.1 Å².